The Balaban J connectivity index is 1.57. The number of amides is 1. The van der Waals surface area contributed by atoms with Gasteiger partial charge in [0.2, 0.25) is 0 Å². The number of nitrogens with zero attached hydrogens (tertiary/aromatic N) is 2. The maximum atomic E-state index is 13.1. The van der Waals surface area contributed by atoms with E-state index in [-0.39, 0.29) is 18.7 Å². The van der Waals surface area contributed by atoms with Crippen molar-refractivity contribution in [3.63, 3.8) is 0 Å². The normalized spacial score (nSPS) is 14.0. The van der Waals surface area contributed by atoms with Crippen molar-refractivity contribution >= 4 is 5.91 Å². The van der Waals surface area contributed by atoms with Gasteiger partial charge in [0.05, 0.1) is 24.0 Å². The van der Waals surface area contributed by atoms with Crippen molar-refractivity contribution < 1.29 is 27.1 Å². The Morgan fingerprint density at radius 1 is 1.38 bits per heavy atom. The molecule has 0 bridgehead atoms. The Bertz CT molecular complexity index is 804. The van der Waals surface area contributed by atoms with Crippen LogP contribution in [-0.4, -0.2) is 28.8 Å². The minimum absolute atomic E-state index is 0.223. The minimum Gasteiger partial charge on any atom is -0.480 e. The lowest BCUT2D eigenvalue weighted by molar-refractivity contribution is -0.138. The highest BCUT2D eigenvalue weighted by Crippen LogP contribution is 2.32. The molecule has 0 unspecified atom stereocenters. The Morgan fingerprint density at radius 2 is 2.19 bits per heavy atom. The molecule has 0 saturated heterocycles. The van der Waals surface area contributed by atoms with E-state index < -0.39 is 23.5 Å². The summed E-state index contributed by atoms with van der Waals surface area (Å²) >= 11 is 0. The largest absolute Gasteiger partial charge is 0.480 e. The summed E-state index contributed by atoms with van der Waals surface area (Å²) in [4.78, 5) is 11.9. The smallest absolute Gasteiger partial charge is 0.416 e. The molecule has 10 heteroatoms. The Morgan fingerprint density at radius 3 is 2.96 bits per heavy atom. The average molecular weight is 372 g/mol. The average Bonchev–Trinajstić information content (AvgIpc) is 3.01. The number of benzene rings is 1. The zero-order valence-corrected chi connectivity index (χ0v) is 13.6. The zero-order valence-electron chi connectivity index (χ0n) is 13.6. The summed E-state index contributed by atoms with van der Waals surface area (Å²) < 4.78 is 59.0. The Labute approximate surface area is 146 Å². The van der Waals surface area contributed by atoms with Crippen LogP contribution >= 0.6 is 0 Å². The van der Waals surface area contributed by atoms with E-state index in [1.165, 1.54) is 6.20 Å². The third-order valence-corrected chi connectivity index (χ3v) is 3.92. The number of alkyl halides is 3. The monoisotopic (exact) mass is 372 g/mol. The quantitative estimate of drug-likeness (QED) is 0.786. The van der Waals surface area contributed by atoms with Crippen molar-refractivity contribution in [2.24, 2.45) is 0 Å². The van der Waals surface area contributed by atoms with Crippen molar-refractivity contribution in [3.05, 3.63) is 47.0 Å². The predicted octanol–water partition coefficient (Wildman–Crippen LogP) is 1.84. The van der Waals surface area contributed by atoms with Crippen LogP contribution < -0.4 is 15.4 Å². The number of carbonyl (C=O) groups excluding carboxylic acids is 1. The summed E-state index contributed by atoms with van der Waals surface area (Å²) in [7, 11) is 0. The number of ether oxygens (including phenoxy) is 1. The van der Waals surface area contributed by atoms with Crippen LogP contribution in [0.4, 0.5) is 17.6 Å². The molecule has 2 N–H and O–H groups in total. The molecule has 2 aromatic rings. The molecule has 0 radical (unpaired) electrons. The van der Waals surface area contributed by atoms with Crippen LogP contribution in [0.15, 0.2) is 24.4 Å². The molecule has 1 amide bonds. The number of hydrogen-bond acceptors (Lipinski definition) is 4. The Kier molecular flexibility index (Phi) is 5.12. The van der Waals surface area contributed by atoms with Gasteiger partial charge in [0.15, 0.2) is 12.4 Å². The van der Waals surface area contributed by atoms with E-state index in [2.05, 4.69) is 15.7 Å². The summed E-state index contributed by atoms with van der Waals surface area (Å²) in [5, 5.41) is 9.63. The molecule has 0 saturated carbocycles. The molecule has 1 aromatic heterocycles. The lowest BCUT2D eigenvalue weighted by Gasteiger charge is -2.16. The molecular formula is C16H16F4N4O2. The second-order valence-electron chi connectivity index (χ2n) is 5.72. The molecule has 26 heavy (non-hydrogen) atoms. The molecule has 0 fully saturated rings. The summed E-state index contributed by atoms with van der Waals surface area (Å²) in [6.07, 6.45) is -3.21. The van der Waals surface area contributed by atoms with Crippen LogP contribution in [0.2, 0.25) is 0 Å². The third kappa shape index (κ3) is 4.13. The first-order chi connectivity index (χ1) is 12.3. The second-order valence-corrected chi connectivity index (χ2v) is 5.72. The molecule has 1 aliphatic heterocycles. The molecular weight excluding hydrogens is 356 g/mol. The molecule has 3 rings (SSSR count). The van der Waals surface area contributed by atoms with Crippen molar-refractivity contribution in [3.8, 4) is 5.75 Å². The van der Waals surface area contributed by atoms with Gasteiger partial charge in [-0.3, -0.25) is 9.48 Å². The lowest BCUT2D eigenvalue weighted by atomic mass is 10.1. The number of fused-ring (bicyclic) bond motifs is 1. The van der Waals surface area contributed by atoms with E-state index >= 15 is 0 Å². The molecule has 2 heterocycles. The van der Waals surface area contributed by atoms with Crippen LogP contribution in [0.25, 0.3) is 0 Å². The van der Waals surface area contributed by atoms with Gasteiger partial charge in [0.1, 0.15) is 5.82 Å². The first kappa shape index (κ1) is 18.2. The first-order valence-electron chi connectivity index (χ1n) is 7.85. The number of rotatable bonds is 5. The van der Waals surface area contributed by atoms with Crippen molar-refractivity contribution in [1.29, 1.82) is 0 Å². The van der Waals surface area contributed by atoms with E-state index in [4.69, 9.17) is 4.74 Å². The molecule has 0 aliphatic carbocycles. The minimum atomic E-state index is -4.71. The van der Waals surface area contributed by atoms with E-state index in [0.717, 1.165) is 24.4 Å². The number of aromatic nitrogens is 2. The fourth-order valence-corrected chi connectivity index (χ4v) is 2.63. The van der Waals surface area contributed by atoms with Crippen LogP contribution in [0.1, 0.15) is 16.8 Å². The summed E-state index contributed by atoms with van der Waals surface area (Å²) in [6, 6.07) is 2.32. The molecule has 1 aromatic carbocycles. The van der Waals surface area contributed by atoms with Gasteiger partial charge in [-0.15, -0.1) is 0 Å². The molecule has 0 spiro atoms. The molecule has 140 valence electrons. The van der Waals surface area contributed by atoms with Crippen LogP contribution in [0.5, 0.6) is 5.75 Å². The van der Waals surface area contributed by atoms with Crippen LogP contribution in [0, 0.1) is 5.82 Å². The number of hydrogen-bond donors (Lipinski definition) is 2. The van der Waals surface area contributed by atoms with Gasteiger partial charge in [-0.05, 0) is 17.7 Å². The van der Waals surface area contributed by atoms with Gasteiger partial charge in [0, 0.05) is 19.6 Å². The predicted molar refractivity (Wildman–Crippen MR) is 82.7 cm³/mol. The van der Waals surface area contributed by atoms with Crippen molar-refractivity contribution in [1.82, 2.24) is 20.4 Å². The second kappa shape index (κ2) is 7.32. The van der Waals surface area contributed by atoms with E-state index in [0.29, 0.717) is 24.9 Å². The fraction of sp³-hybridized carbons (Fsp3) is 0.375. The molecule has 1 aliphatic rings. The van der Waals surface area contributed by atoms with Gasteiger partial charge in [-0.25, -0.2) is 4.39 Å². The number of carbonyl (C=O) groups is 1. The highest BCUT2D eigenvalue weighted by atomic mass is 19.4. The van der Waals surface area contributed by atoms with E-state index in [1.54, 1.807) is 4.68 Å². The van der Waals surface area contributed by atoms with Gasteiger partial charge < -0.3 is 15.4 Å². The molecule has 0 atom stereocenters. The maximum absolute atomic E-state index is 13.1. The van der Waals surface area contributed by atoms with Gasteiger partial charge in [0.25, 0.3) is 5.91 Å². The Hall–Kier alpha value is -2.62. The standard InChI is InChI=1S/C16H16F4N4O2/c17-11-2-1-10(12(5-11)16(18,19)20)6-22-15(25)9-26-14-8-23-24-4-3-21-7-13(14)24/h1-2,5,8,21H,3-4,6-7,9H2,(H,22,25). The first-order valence-corrected chi connectivity index (χ1v) is 7.85. The van der Waals surface area contributed by atoms with Gasteiger partial charge >= 0.3 is 6.18 Å². The maximum Gasteiger partial charge on any atom is 0.416 e. The van der Waals surface area contributed by atoms with Gasteiger partial charge in [-0.1, -0.05) is 6.07 Å². The van der Waals surface area contributed by atoms with E-state index in [9.17, 15) is 22.4 Å². The third-order valence-electron chi connectivity index (χ3n) is 3.92. The summed E-state index contributed by atoms with van der Waals surface area (Å²) in [6.45, 7) is 1.29. The zero-order chi connectivity index (χ0) is 18.7. The van der Waals surface area contributed by atoms with Crippen LogP contribution in [-0.2, 0) is 30.6 Å². The topological polar surface area (TPSA) is 68.2 Å². The summed E-state index contributed by atoms with van der Waals surface area (Å²) in [5.41, 5.74) is -0.531. The lowest BCUT2D eigenvalue weighted by Crippen LogP contribution is -2.31. The van der Waals surface area contributed by atoms with Crippen molar-refractivity contribution in [2.75, 3.05) is 13.2 Å². The van der Waals surface area contributed by atoms with E-state index in [1.807, 2.05) is 0 Å². The molecule has 6 nitrogen and oxygen atoms in total. The van der Waals surface area contributed by atoms with Crippen LogP contribution in [0.3, 0.4) is 0 Å². The SMILES string of the molecule is O=C(COc1cnn2c1CNCC2)NCc1ccc(F)cc1C(F)(F)F. The summed E-state index contributed by atoms with van der Waals surface area (Å²) in [5.74, 6) is -1.13. The highest BCUT2D eigenvalue weighted by Gasteiger charge is 2.33. The number of nitrogens with one attached hydrogen (secondary N) is 2. The van der Waals surface area contributed by atoms with Crippen molar-refractivity contribution in [2.45, 2.75) is 25.8 Å². The number of halogens is 4. The van der Waals surface area contributed by atoms with Gasteiger partial charge in [-0.2, -0.15) is 18.3 Å². The fourth-order valence-electron chi connectivity index (χ4n) is 2.63. The highest BCUT2D eigenvalue weighted by molar-refractivity contribution is 5.77.